The van der Waals surface area contributed by atoms with E-state index >= 15 is 0 Å². The number of aromatic nitrogens is 2. The van der Waals surface area contributed by atoms with Crippen LogP contribution in [0, 0.1) is 11.3 Å². The normalized spacial score (nSPS) is 11.0. The van der Waals surface area contributed by atoms with Gasteiger partial charge in [0.05, 0.1) is 6.61 Å². The fourth-order valence-corrected chi connectivity index (χ4v) is 2.71. The molecule has 25 heavy (non-hydrogen) atoms. The summed E-state index contributed by atoms with van der Waals surface area (Å²) < 4.78 is 0. The average molecular weight is 357 g/mol. The van der Waals surface area contributed by atoms with Crippen LogP contribution in [-0.4, -0.2) is 41.4 Å². The molecule has 0 radical (unpaired) electrons. The number of nitrogens with zero attached hydrogens (tertiary/aromatic N) is 4. The first-order valence-corrected chi connectivity index (χ1v) is 8.56. The van der Waals surface area contributed by atoms with Crippen molar-refractivity contribution in [3.63, 3.8) is 0 Å². The van der Waals surface area contributed by atoms with Crippen molar-refractivity contribution in [3.8, 4) is 6.07 Å². The van der Waals surface area contributed by atoms with Crippen LogP contribution in [0.3, 0.4) is 0 Å². The molecule has 0 saturated heterocycles. The average Bonchev–Trinajstić information content (AvgIpc) is 3.07. The van der Waals surface area contributed by atoms with Crippen LogP contribution in [0.15, 0.2) is 29.8 Å². The van der Waals surface area contributed by atoms with Crippen LogP contribution in [0.2, 0.25) is 0 Å². The Kier molecular flexibility index (Phi) is 6.62. The van der Waals surface area contributed by atoms with Gasteiger partial charge in [0.1, 0.15) is 16.6 Å². The topological polar surface area (TPSA) is 102 Å². The number of hydrogen-bond donors (Lipinski definition) is 2. The maximum Gasteiger partial charge on any atom is 0.268 e. The maximum absolute atomic E-state index is 12.2. The Hall–Kier alpha value is -2.76. The van der Waals surface area contributed by atoms with E-state index < -0.39 is 5.91 Å². The zero-order chi connectivity index (χ0) is 18.2. The van der Waals surface area contributed by atoms with Crippen molar-refractivity contribution in [2.75, 3.05) is 30.4 Å². The number of benzene rings is 1. The Morgan fingerprint density at radius 1 is 1.40 bits per heavy atom. The Bertz CT molecular complexity index is 792. The summed E-state index contributed by atoms with van der Waals surface area (Å²) in [6.45, 7) is 2.55. The van der Waals surface area contributed by atoms with E-state index in [0.717, 1.165) is 22.7 Å². The largest absolute Gasteiger partial charge is 0.395 e. The Morgan fingerprint density at radius 3 is 2.68 bits per heavy atom. The van der Waals surface area contributed by atoms with Gasteiger partial charge in [-0.15, -0.1) is 10.2 Å². The highest BCUT2D eigenvalue weighted by molar-refractivity contribution is 7.15. The molecule has 0 aliphatic heterocycles. The minimum atomic E-state index is -0.511. The predicted molar refractivity (Wildman–Crippen MR) is 98.3 cm³/mol. The van der Waals surface area contributed by atoms with Gasteiger partial charge in [0.25, 0.3) is 5.91 Å². The van der Waals surface area contributed by atoms with Gasteiger partial charge in [0, 0.05) is 19.3 Å². The molecule has 7 nitrogen and oxygen atoms in total. The lowest BCUT2D eigenvalue weighted by atomic mass is 10.1. The second kappa shape index (κ2) is 8.92. The molecule has 0 unspecified atom stereocenters. The molecule has 0 spiro atoms. The van der Waals surface area contributed by atoms with Crippen LogP contribution >= 0.6 is 11.3 Å². The smallest absolute Gasteiger partial charge is 0.268 e. The molecule has 1 aromatic heterocycles. The summed E-state index contributed by atoms with van der Waals surface area (Å²) in [6.07, 6.45) is 2.26. The molecular formula is C17H19N5O2S. The molecule has 0 saturated carbocycles. The van der Waals surface area contributed by atoms with Gasteiger partial charge in [-0.1, -0.05) is 30.4 Å². The molecule has 0 bridgehead atoms. The molecule has 0 atom stereocenters. The van der Waals surface area contributed by atoms with Gasteiger partial charge in [0.15, 0.2) is 0 Å². The molecule has 2 N–H and O–H groups in total. The highest BCUT2D eigenvalue weighted by Gasteiger charge is 2.12. The monoisotopic (exact) mass is 357 g/mol. The number of aliphatic hydroxyl groups is 1. The molecule has 1 amide bonds. The number of nitriles is 1. The van der Waals surface area contributed by atoms with Gasteiger partial charge >= 0.3 is 0 Å². The molecule has 2 rings (SSSR count). The van der Waals surface area contributed by atoms with Crippen molar-refractivity contribution in [2.45, 2.75) is 13.3 Å². The van der Waals surface area contributed by atoms with Gasteiger partial charge in [-0.25, -0.2) is 0 Å². The number of rotatable bonds is 7. The van der Waals surface area contributed by atoms with Gasteiger partial charge in [-0.05, 0) is 30.2 Å². The summed E-state index contributed by atoms with van der Waals surface area (Å²) in [5, 5.41) is 29.8. The van der Waals surface area contributed by atoms with E-state index in [4.69, 9.17) is 5.11 Å². The van der Waals surface area contributed by atoms with Crippen LogP contribution in [0.5, 0.6) is 0 Å². The molecule has 8 heteroatoms. The summed E-state index contributed by atoms with van der Waals surface area (Å²) in [4.78, 5) is 14.1. The molecule has 1 heterocycles. The Labute approximate surface area is 150 Å². The lowest BCUT2D eigenvalue weighted by Crippen LogP contribution is -2.20. The number of hydrogen-bond acceptors (Lipinski definition) is 7. The van der Waals surface area contributed by atoms with Crippen molar-refractivity contribution in [1.29, 1.82) is 5.26 Å². The summed E-state index contributed by atoms with van der Waals surface area (Å²) in [5.41, 5.74) is 1.67. The quantitative estimate of drug-likeness (QED) is 0.581. The number of nitrogens with one attached hydrogen (secondary N) is 1. The second-order valence-electron chi connectivity index (χ2n) is 5.22. The predicted octanol–water partition coefficient (Wildman–Crippen LogP) is 2.07. The number of amides is 1. The van der Waals surface area contributed by atoms with E-state index in [0.29, 0.717) is 11.7 Å². The van der Waals surface area contributed by atoms with Crippen LogP contribution in [0.25, 0.3) is 6.08 Å². The summed E-state index contributed by atoms with van der Waals surface area (Å²) in [7, 11) is 1.88. The van der Waals surface area contributed by atoms with E-state index in [-0.39, 0.29) is 12.2 Å². The van der Waals surface area contributed by atoms with Crippen LogP contribution in [-0.2, 0) is 11.2 Å². The minimum absolute atomic E-state index is 0.00953. The third-order valence-electron chi connectivity index (χ3n) is 3.44. The summed E-state index contributed by atoms with van der Waals surface area (Å²) in [5.74, 6) is -0.511. The van der Waals surface area contributed by atoms with Crippen LogP contribution < -0.4 is 10.2 Å². The summed E-state index contributed by atoms with van der Waals surface area (Å²) >= 11 is 1.29. The van der Waals surface area contributed by atoms with E-state index in [1.54, 1.807) is 0 Å². The number of likely N-dealkylation sites (N-methyl/N-ethyl adjacent to an activating group) is 1. The Morgan fingerprint density at radius 2 is 2.12 bits per heavy atom. The standard InChI is InChI=1S/C17H19N5O2S/c1-3-15-20-21-17(25-15)19-16(24)13(11-18)10-12-4-6-14(7-5-12)22(2)8-9-23/h4-7,10,23H,3,8-9H2,1-2H3,(H,19,21,24). The van der Waals surface area contributed by atoms with E-state index in [1.807, 2.05) is 49.2 Å². The SMILES string of the molecule is CCc1nnc(NC(=O)C(C#N)=Cc2ccc(N(C)CCO)cc2)s1. The van der Waals surface area contributed by atoms with Gasteiger partial charge in [0.2, 0.25) is 5.13 Å². The lowest BCUT2D eigenvalue weighted by Gasteiger charge is -2.17. The molecule has 0 fully saturated rings. The van der Waals surface area contributed by atoms with Crippen molar-refractivity contribution in [2.24, 2.45) is 0 Å². The van der Waals surface area contributed by atoms with Gasteiger partial charge in [-0.2, -0.15) is 5.26 Å². The van der Waals surface area contributed by atoms with Crippen molar-refractivity contribution in [3.05, 3.63) is 40.4 Å². The highest BCUT2D eigenvalue weighted by atomic mass is 32.1. The Balaban J connectivity index is 2.10. The van der Waals surface area contributed by atoms with Gasteiger partial charge in [-0.3, -0.25) is 10.1 Å². The molecule has 2 aromatic rings. The van der Waals surface area contributed by atoms with Gasteiger partial charge < -0.3 is 10.0 Å². The zero-order valence-corrected chi connectivity index (χ0v) is 14.9. The summed E-state index contributed by atoms with van der Waals surface area (Å²) in [6, 6.07) is 9.27. The first kappa shape index (κ1) is 18.6. The molecule has 130 valence electrons. The molecule has 0 aliphatic rings. The number of aliphatic hydroxyl groups excluding tert-OH is 1. The first-order chi connectivity index (χ1) is 12.1. The third kappa shape index (κ3) is 5.11. The van der Waals surface area contributed by atoms with Crippen LogP contribution in [0.1, 0.15) is 17.5 Å². The van der Waals surface area contributed by atoms with E-state index in [9.17, 15) is 10.1 Å². The number of carbonyl (C=O) groups excluding carboxylic acids is 1. The van der Waals surface area contributed by atoms with Crippen molar-refractivity contribution < 1.29 is 9.90 Å². The fourth-order valence-electron chi connectivity index (χ4n) is 2.03. The number of anilines is 2. The second-order valence-corrected chi connectivity index (χ2v) is 6.28. The maximum atomic E-state index is 12.2. The number of carbonyl (C=O) groups is 1. The molecule has 1 aromatic carbocycles. The lowest BCUT2D eigenvalue weighted by molar-refractivity contribution is -0.112. The highest BCUT2D eigenvalue weighted by Crippen LogP contribution is 2.18. The first-order valence-electron chi connectivity index (χ1n) is 7.75. The van der Waals surface area contributed by atoms with E-state index in [1.165, 1.54) is 17.4 Å². The number of aryl methyl sites for hydroxylation is 1. The van der Waals surface area contributed by atoms with Crippen molar-refractivity contribution >= 4 is 34.1 Å². The fraction of sp³-hybridized carbons (Fsp3) is 0.294. The van der Waals surface area contributed by atoms with Crippen LogP contribution in [0.4, 0.5) is 10.8 Å². The van der Waals surface area contributed by atoms with E-state index in [2.05, 4.69) is 15.5 Å². The molecule has 0 aliphatic carbocycles. The minimum Gasteiger partial charge on any atom is -0.395 e. The third-order valence-corrected chi connectivity index (χ3v) is 4.42. The zero-order valence-electron chi connectivity index (χ0n) is 14.1. The van der Waals surface area contributed by atoms with Crippen molar-refractivity contribution in [1.82, 2.24) is 10.2 Å². The molecular weight excluding hydrogens is 338 g/mol.